The quantitative estimate of drug-likeness (QED) is 0.205. The predicted octanol–water partition coefficient (Wildman–Crippen LogP) is -15.8. The minimum atomic E-state index is -2.92. The molecule has 0 unspecified atom stereocenters. The second-order valence-electron chi connectivity index (χ2n) is 1.15. The van der Waals surface area contributed by atoms with Gasteiger partial charge in [0.2, 0.25) is 0 Å². The van der Waals surface area contributed by atoms with E-state index in [1.165, 1.54) is 0 Å². The van der Waals surface area contributed by atoms with Crippen molar-refractivity contribution >= 4 is 29.3 Å². The molecule has 0 amide bonds. The zero-order valence-electron chi connectivity index (χ0n) is 8.71. The van der Waals surface area contributed by atoms with Crippen molar-refractivity contribution in [3.05, 3.63) is 0 Å². The van der Waals surface area contributed by atoms with E-state index in [-0.39, 0.29) is 120 Å². The molecule has 0 radical (unpaired) electrons. The Balaban J connectivity index is -0.0000000192. The molecule has 0 saturated carbocycles. The molecule has 0 rings (SSSR count). The van der Waals surface area contributed by atoms with Gasteiger partial charge >= 0.3 is 120 Å². The van der Waals surface area contributed by atoms with Crippen LogP contribution in [0.2, 0.25) is 0 Å². The van der Waals surface area contributed by atoms with Gasteiger partial charge in [-0.15, -0.1) is 0 Å². The van der Waals surface area contributed by atoms with Crippen molar-refractivity contribution in [3.63, 3.8) is 0 Å². The van der Waals surface area contributed by atoms with Crippen molar-refractivity contribution in [2.24, 2.45) is 0 Å². The van der Waals surface area contributed by atoms with E-state index in [4.69, 9.17) is 60.3 Å². The van der Waals surface area contributed by atoms with Crippen LogP contribution in [0.15, 0.2) is 0 Å². The zero-order valence-corrected chi connectivity index (χ0v) is 21.0. The number of rotatable bonds is 0. The first kappa shape index (κ1) is 43.4. The molecular weight excluding hydrogens is 931 g/mol. The summed E-state index contributed by atoms with van der Waals surface area (Å²) >= 11 is 0. The maximum Gasteiger partial charge on any atom is 4.00 e. The summed E-state index contributed by atoms with van der Waals surface area (Å²) in [4.78, 5) is 0. The standard InChI is InChI=1S/4BO3.3Th/c4*2-1(3)4;;;/q4*-3;3*+4. The van der Waals surface area contributed by atoms with Crippen molar-refractivity contribution in [3.8, 4) is 0 Å². The van der Waals surface area contributed by atoms with Gasteiger partial charge in [0.25, 0.3) is 0 Å². The first-order valence-corrected chi connectivity index (χ1v) is 2.83. The molecule has 12 nitrogen and oxygen atoms in total. The third-order valence-corrected chi connectivity index (χ3v) is 0. The van der Waals surface area contributed by atoms with Gasteiger partial charge in [0.1, 0.15) is 0 Å². The third-order valence-electron chi connectivity index (χ3n) is 0. The van der Waals surface area contributed by atoms with Crippen LogP contribution in [0.25, 0.3) is 0 Å². The molecule has 0 aromatic heterocycles. The van der Waals surface area contributed by atoms with E-state index >= 15 is 0 Å². The smallest absolute Gasteiger partial charge is 0.907 e. The van der Waals surface area contributed by atoms with Crippen LogP contribution in [-0.2, 0) is 0 Å². The Bertz CT molecular complexity index is 68.0. The van der Waals surface area contributed by atoms with Gasteiger partial charge in [0, 0.05) is 0 Å². The topological polar surface area (TPSA) is 277 Å². The van der Waals surface area contributed by atoms with E-state index < -0.39 is 29.3 Å². The Kier molecular flexibility index (Phi) is 86.2. The fraction of sp³-hybridized carbons (Fsp3) is 0. The van der Waals surface area contributed by atoms with E-state index in [0.29, 0.717) is 0 Å². The summed E-state index contributed by atoms with van der Waals surface area (Å²) < 4.78 is 0. The zero-order chi connectivity index (χ0) is 14.3. The van der Waals surface area contributed by atoms with Gasteiger partial charge in [0.05, 0.1) is 0 Å². The summed E-state index contributed by atoms with van der Waals surface area (Å²) in [7, 11) is -11.7. The van der Waals surface area contributed by atoms with Crippen molar-refractivity contribution in [2.45, 2.75) is 0 Å². The van der Waals surface area contributed by atoms with Gasteiger partial charge in [-0.05, 0) is 0 Å². The molecule has 0 spiro atoms. The molecule has 0 aliphatic heterocycles. The fourth-order valence-electron chi connectivity index (χ4n) is 0. The Morgan fingerprint density at radius 3 is 0.263 bits per heavy atom. The predicted molar refractivity (Wildman–Crippen MR) is 23.0 cm³/mol. The summed E-state index contributed by atoms with van der Waals surface area (Å²) in [6.07, 6.45) is 0. The van der Waals surface area contributed by atoms with Crippen LogP contribution in [0.5, 0.6) is 0 Å². The van der Waals surface area contributed by atoms with E-state index in [1.807, 2.05) is 0 Å². The number of hydrogen-bond donors (Lipinski definition) is 0. The molecule has 0 bridgehead atoms. The molecule has 19 heavy (non-hydrogen) atoms. The van der Waals surface area contributed by atoms with Crippen LogP contribution in [-0.4, -0.2) is 29.3 Å². The van der Waals surface area contributed by atoms with Crippen molar-refractivity contribution in [1.29, 1.82) is 0 Å². The summed E-state index contributed by atoms with van der Waals surface area (Å²) in [5.74, 6) is 0. The van der Waals surface area contributed by atoms with Crippen LogP contribution in [0, 0.1) is 120 Å². The molecule has 0 aromatic rings. The molecule has 96 valence electrons. The van der Waals surface area contributed by atoms with Gasteiger partial charge in [0.15, 0.2) is 0 Å². The van der Waals surface area contributed by atoms with Gasteiger partial charge in [-0.25, -0.2) is 0 Å². The first-order valence-electron chi connectivity index (χ1n) is 2.83. The second-order valence-corrected chi connectivity index (χ2v) is 1.15. The first-order chi connectivity index (χ1) is 6.93. The maximum absolute atomic E-state index is 8.42. The molecule has 0 aliphatic rings. The average molecular weight is 931 g/mol. The Morgan fingerprint density at radius 2 is 0.263 bits per heavy atom. The Hall–Kier alpha value is 3.75. The van der Waals surface area contributed by atoms with Gasteiger partial charge in [-0.1, -0.05) is 0 Å². The molecule has 0 fully saturated rings. The van der Waals surface area contributed by atoms with E-state index in [0.717, 1.165) is 0 Å². The summed E-state index contributed by atoms with van der Waals surface area (Å²) in [6.45, 7) is 0. The van der Waals surface area contributed by atoms with E-state index in [1.54, 1.807) is 0 Å². The van der Waals surface area contributed by atoms with E-state index in [2.05, 4.69) is 0 Å². The monoisotopic (exact) mass is 932 g/mol. The second kappa shape index (κ2) is 37.8. The van der Waals surface area contributed by atoms with Gasteiger partial charge in [-0.2, -0.15) is 0 Å². The molecule has 19 heteroatoms. The molecule has 0 N–H and O–H groups in total. The van der Waals surface area contributed by atoms with Crippen molar-refractivity contribution in [1.82, 2.24) is 0 Å². The molecule has 0 atom stereocenters. The van der Waals surface area contributed by atoms with Crippen LogP contribution < -0.4 is 60.3 Å². The molecule has 0 saturated heterocycles. The van der Waals surface area contributed by atoms with Crippen molar-refractivity contribution in [2.75, 3.05) is 0 Å². The fourth-order valence-corrected chi connectivity index (χ4v) is 0. The van der Waals surface area contributed by atoms with Crippen LogP contribution in [0.4, 0.5) is 0 Å². The normalized spacial score (nSPS) is 5.68. The molecule has 0 heterocycles. The molecule has 0 aromatic carbocycles. The minimum Gasteiger partial charge on any atom is -0.907 e. The maximum atomic E-state index is 8.42. The van der Waals surface area contributed by atoms with Crippen LogP contribution in [0.3, 0.4) is 0 Å². The summed E-state index contributed by atoms with van der Waals surface area (Å²) in [5, 5.41) is 101. The Labute approximate surface area is 205 Å². The minimum absolute atomic E-state index is 0. The van der Waals surface area contributed by atoms with E-state index in [9.17, 15) is 0 Å². The molecular formula is B4O12Th3. The van der Waals surface area contributed by atoms with Crippen LogP contribution >= 0.6 is 0 Å². The average Bonchev–Trinajstić information content (AvgIpc) is 1.76. The number of hydrogen-bond acceptors (Lipinski definition) is 12. The van der Waals surface area contributed by atoms with Gasteiger partial charge in [-0.3, -0.25) is 29.3 Å². The van der Waals surface area contributed by atoms with Crippen molar-refractivity contribution < 1.29 is 180 Å². The Morgan fingerprint density at radius 1 is 0.263 bits per heavy atom. The SMILES string of the molecule is [O-]B([O-])[O-].[O-]B([O-])[O-].[O-]B([O-])[O-].[O-]B([O-])[O-].[Th+4].[Th+4].[Th+4]. The van der Waals surface area contributed by atoms with Crippen LogP contribution in [0.1, 0.15) is 0 Å². The molecule has 0 aliphatic carbocycles. The summed E-state index contributed by atoms with van der Waals surface area (Å²) in [5.41, 5.74) is 0. The third kappa shape index (κ3) is 602. The largest absolute Gasteiger partial charge is 4.00 e. The van der Waals surface area contributed by atoms with Gasteiger partial charge < -0.3 is 60.3 Å². The summed E-state index contributed by atoms with van der Waals surface area (Å²) in [6, 6.07) is 0.